The van der Waals surface area contributed by atoms with Crippen molar-refractivity contribution in [2.24, 2.45) is 5.92 Å². The Labute approximate surface area is 216 Å². The number of aromatic nitrogens is 1. The molecule has 196 valence electrons. The second kappa shape index (κ2) is 11.1. The third-order valence-electron chi connectivity index (χ3n) is 7.91. The molecular weight excluding hydrogens is 480 g/mol. The van der Waals surface area contributed by atoms with Gasteiger partial charge in [0.2, 0.25) is 0 Å². The molecule has 2 aliphatic carbocycles. The molecule has 3 aliphatic rings. The van der Waals surface area contributed by atoms with Crippen LogP contribution in [0, 0.1) is 5.92 Å². The maximum atomic E-state index is 13.1. The summed E-state index contributed by atoms with van der Waals surface area (Å²) in [6.45, 7) is 3.01. The number of carbonyl (C=O) groups excluding carboxylic acids is 1. The highest BCUT2D eigenvalue weighted by atomic mass is 32.1. The Balaban J connectivity index is 1.05. The molecule has 1 fully saturated rings. The summed E-state index contributed by atoms with van der Waals surface area (Å²) in [6, 6.07) is 6.47. The van der Waals surface area contributed by atoms with E-state index in [-0.39, 0.29) is 11.9 Å². The van der Waals surface area contributed by atoms with E-state index in [4.69, 9.17) is 4.74 Å². The third-order valence-corrected chi connectivity index (χ3v) is 8.98. The van der Waals surface area contributed by atoms with E-state index in [9.17, 15) is 13.6 Å². The van der Waals surface area contributed by atoms with E-state index >= 15 is 0 Å². The first kappa shape index (κ1) is 25.6. The maximum Gasteiger partial charge on any atom is 0.278 e. The van der Waals surface area contributed by atoms with Crippen LogP contribution in [-0.4, -0.2) is 47.5 Å². The molecule has 0 unspecified atom stereocenters. The highest BCUT2D eigenvalue weighted by Crippen LogP contribution is 2.32. The van der Waals surface area contributed by atoms with Crippen molar-refractivity contribution in [2.75, 3.05) is 19.7 Å². The first-order valence-corrected chi connectivity index (χ1v) is 14.3. The van der Waals surface area contributed by atoms with E-state index in [1.54, 1.807) is 0 Å². The third kappa shape index (κ3) is 6.43. The van der Waals surface area contributed by atoms with Crippen molar-refractivity contribution >= 4 is 17.2 Å². The zero-order valence-corrected chi connectivity index (χ0v) is 22.0. The molecule has 5 nitrogen and oxygen atoms in total. The SMILES string of the molecule is CC(F)(F)COc1nc2c(s1)CCN(CC[C@H]1CC[C@H](NC(=O)c3cccc4c3CCCC4)CC1)C2. The predicted molar refractivity (Wildman–Crippen MR) is 138 cm³/mol. The molecule has 0 atom stereocenters. The highest BCUT2D eigenvalue weighted by molar-refractivity contribution is 7.13. The number of thiazole rings is 1. The largest absolute Gasteiger partial charge is 0.464 e. The number of rotatable bonds is 8. The first-order valence-electron chi connectivity index (χ1n) is 13.5. The number of alkyl halides is 2. The topological polar surface area (TPSA) is 54.5 Å². The number of halogens is 2. The lowest BCUT2D eigenvalue weighted by Gasteiger charge is -2.32. The molecule has 1 N–H and O–H groups in total. The van der Waals surface area contributed by atoms with E-state index in [0.29, 0.717) is 11.1 Å². The number of amides is 1. The van der Waals surface area contributed by atoms with Crippen LogP contribution in [0.25, 0.3) is 0 Å². The summed E-state index contributed by atoms with van der Waals surface area (Å²) in [4.78, 5) is 21.1. The van der Waals surface area contributed by atoms with Crippen LogP contribution in [0.15, 0.2) is 18.2 Å². The van der Waals surface area contributed by atoms with Crippen LogP contribution in [0.4, 0.5) is 8.78 Å². The molecular formula is C28H37F2N3O2S. The standard InChI is InChI=1S/C28H37F2N3O2S/c1-28(29,30)18-35-27-32-24-17-33(16-14-25(24)36-27)15-13-19-9-11-21(12-10-19)31-26(34)23-8-4-6-20-5-2-3-7-22(20)23/h4,6,8,19,21H,2-3,5,7,9-18H2,1H3,(H,31,34)/t19-,21-. The molecule has 0 bridgehead atoms. The Kier molecular flexibility index (Phi) is 7.91. The number of nitrogens with one attached hydrogen (secondary N) is 1. The van der Waals surface area contributed by atoms with Crippen LogP contribution in [0.1, 0.15) is 83.9 Å². The van der Waals surface area contributed by atoms with Gasteiger partial charge in [-0.2, -0.15) is 0 Å². The van der Waals surface area contributed by atoms with Crippen molar-refractivity contribution in [3.05, 3.63) is 45.5 Å². The van der Waals surface area contributed by atoms with Gasteiger partial charge in [-0.25, -0.2) is 13.8 Å². The number of hydrogen-bond acceptors (Lipinski definition) is 5. The Morgan fingerprint density at radius 2 is 2.00 bits per heavy atom. The Hall–Kier alpha value is -2.06. The molecule has 1 aromatic carbocycles. The van der Waals surface area contributed by atoms with Crippen LogP contribution in [-0.2, 0) is 25.8 Å². The first-order chi connectivity index (χ1) is 17.3. The molecule has 1 amide bonds. The number of fused-ring (bicyclic) bond motifs is 2. The molecule has 2 heterocycles. The van der Waals surface area contributed by atoms with E-state index in [1.165, 1.54) is 35.3 Å². The zero-order chi connectivity index (χ0) is 25.1. The lowest BCUT2D eigenvalue weighted by molar-refractivity contribution is -0.0230. The van der Waals surface area contributed by atoms with Crippen LogP contribution in [0.5, 0.6) is 5.19 Å². The molecule has 0 radical (unpaired) electrons. The average Bonchev–Trinajstić information content (AvgIpc) is 3.29. The fraction of sp³-hybridized carbons (Fsp3) is 0.643. The summed E-state index contributed by atoms with van der Waals surface area (Å²) >= 11 is 1.41. The van der Waals surface area contributed by atoms with Gasteiger partial charge in [0.15, 0.2) is 6.61 Å². The van der Waals surface area contributed by atoms with Gasteiger partial charge in [-0.05, 0) is 93.9 Å². The normalized spacial score (nSPS) is 22.5. The summed E-state index contributed by atoms with van der Waals surface area (Å²) in [5.74, 6) is -2.05. The van der Waals surface area contributed by atoms with Gasteiger partial charge in [0, 0.05) is 36.5 Å². The lowest BCUT2D eigenvalue weighted by atomic mass is 9.83. The molecule has 5 rings (SSSR count). The fourth-order valence-electron chi connectivity index (χ4n) is 5.89. The van der Waals surface area contributed by atoms with Crippen molar-refractivity contribution in [1.82, 2.24) is 15.2 Å². The van der Waals surface area contributed by atoms with Crippen molar-refractivity contribution in [1.29, 1.82) is 0 Å². The van der Waals surface area contributed by atoms with Gasteiger partial charge in [-0.15, -0.1) is 0 Å². The molecule has 2 aromatic rings. The fourth-order valence-corrected chi connectivity index (χ4v) is 6.79. The smallest absolute Gasteiger partial charge is 0.278 e. The van der Waals surface area contributed by atoms with Gasteiger partial charge in [-0.1, -0.05) is 23.5 Å². The second-order valence-electron chi connectivity index (χ2n) is 10.9. The van der Waals surface area contributed by atoms with E-state index in [2.05, 4.69) is 21.3 Å². The van der Waals surface area contributed by atoms with Crippen LogP contribution in [0.3, 0.4) is 0 Å². The summed E-state index contributed by atoms with van der Waals surface area (Å²) in [7, 11) is 0. The Bertz CT molecular complexity index is 1060. The molecule has 1 saturated carbocycles. The van der Waals surface area contributed by atoms with Gasteiger partial charge >= 0.3 is 0 Å². The minimum Gasteiger partial charge on any atom is -0.464 e. The number of aryl methyl sites for hydroxylation is 1. The van der Waals surface area contributed by atoms with Gasteiger partial charge in [0.1, 0.15) is 0 Å². The number of ether oxygens (including phenoxy) is 1. The van der Waals surface area contributed by atoms with Crippen molar-refractivity contribution in [3.63, 3.8) is 0 Å². The van der Waals surface area contributed by atoms with E-state index in [0.717, 1.165) is 94.1 Å². The Morgan fingerprint density at radius 1 is 1.19 bits per heavy atom. The number of benzene rings is 1. The van der Waals surface area contributed by atoms with Gasteiger partial charge in [-0.3, -0.25) is 9.69 Å². The maximum absolute atomic E-state index is 13.1. The molecule has 8 heteroatoms. The van der Waals surface area contributed by atoms with Gasteiger partial charge < -0.3 is 10.1 Å². The summed E-state index contributed by atoms with van der Waals surface area (Å²) in [6.07, 6.45) is 11.0. The van der Waals surface area contributed by atoms with Gasteiger partial charge in [0.05, 0.1) is 5.69 Å². The monoisotopic (exact) mass is 517 g/mol. The quantitative estimate of drug-likeness (QED) is 0.481. The minimum atomic E-state index is -2.85. The van der Waals surface area contributed by atoms with Crippen molar-refractivity contribution in [3.8, 4) is 5.19 Å². The molecule has 36 heavy (non-hydrogen) atoms. The lowest BCUT2D eigenvalue weighted by Crippen LogP contribution is -2.39. The minimum absolute atomic E-state index is 0.107. The molecule has 0 spiro atoms. The van der Waals surface area contributed by atoms with Crippen LogP contribution >= 0.6 is 11.3 Å². The Morgan fingerprint density at radius 3 is 2.81 bits per heavy atom. The summed E-state index contributed by atoms with van der Waals surface area (Å²) < 4.78 is 31.4. The average molecular weight is 518 g/mol. The zero-order valence-electron chi connectivity index (χ0n) is 21.2. The van der Waals surface area contributed by atoms with E-state index < -0.39 is 12.5 Å². The van der Waals surface area contributed by atoms with E-state index in [1.807, 2.05) is 12.1 Å². The predicted octanol–water partition coefficient (Wildman–Crippen LogP) is 5.79. The molecule has 0 saturated heterocycles. The van der Waals surface area contributed by atoms with Crippen molar-refractivity contribution < 1.29 is 18.3 Å². The number of nitrogens with zero attached hydrogens (tertiary/aromatic N) is 2. The summed E-state index contributed by atoms with van der Waals surface area (Å²) in [5.41, 5.74) is 4.49. The second-order valence-corrected chi connectivity index (χ2v) is 11.9. The highest BCUT2D eigenvalue weighted by Gasteiger charge is 2.27. The van der Waals surface area contributed by atoms with Gasteiger partial charge in [0.25, 0.3) is 17.0 Å². The number of carbonyl (C=O) groups is 1. The van der Waals surface area contributed by atoms with Crippen molar-refractivity contribution in [2.45, 2.75) is 89.6 Å². The van der Waals surface area contributed by atoms with Crippen LogP contribution < -0.4 is 10.1 Å². The molecule has 1 aromatic heterocycles. The summed E-state index contributed by atoms with van der Waals surface area (Å²) in [5, 5.41) is 3.69. The van der Waals surface area contributed by atoms with Crippen LogP contribution in [0.2, 0.25) is 0 Å². The number of hydrogen-bond donors (Lipinski definition) is 1. The molecule has 1 aliphatic heterocycles.